The first-order chi connectivity index (χ1) is 14.5. The van der Waals surface area contributed by atoms with Crippen molar-refractivity contribution in [2.45, 2.75) is 9.79 Å². The molecule has 3 rings (SSSR count). The van der Waals surface area contributed by atoms with Crippen molar-refractivity contribution in [3.05, 3.63) is 35.9 Å². The lowest BCUT2D eigenvalue weighted by molar-refractivity contribution is 0.583. The van der Waals surface area contributed by atoms with E-state index in [1.807, 2.05) is 5.53 Å². The van der Waals surface area contributed by atoms with Crippen LogP contribution in [0.1, 0.15) is 5.56 Å². The molecule has 166 valence electrons. The molecule has 11 N–H and O–H groups in total. The molecular weight excluding hydrogens is 448 g/mol. The molecule has 0 aliphatic carbocycles. The van der Waals surface area contributed by atoms with Gasteiger partial charge in [-0.3, -0.25) is 0 Å². The summed E-state index contributed by atoms with van der Waals surface area (Å²) in [7, 11) is -8.72. The van der Waals surface area contributed by atoms with E-state index in [4.69, 9.17) is 32.6 Å². The summed E-state index contributed by atoms with van der Waals surface area (Å²) in [4.78, 5) is 2.75. The van der Waals surface area contributed by atoms with E-state index < -0.39 is 41.2 Å². The van der Waals surface area contributed by atoms with Crippen LogP contribution in [0.4, 0.5) is 6.01 Å². The molecule has 1 aromatic heterocycles. The third kappa shape index (κ3) is 4.30. The number of benzene rings is 2. The van der Waals surface area contributed by atoms with E-state index in [1.54, 1.807) is 18.2 Å². The molecule has 1 heterocycles. The van der Waals surface area contributed by atoms with Gasteiger partial charge in [0.05, 0.1) is 10.6 Å². The smallest absolute Gasteiger partial charge is 0.292 e. The fourth-order valence-corrected chi connectivity index (χ4v) is 5.86. The standard InChI is InChI=1S/C16H20N8O5S2/c17-5-6-30(25,26)12-4-2-9(8-1-3-11-10(7-8)22-16(19)29-11)13(15(18)23-24-20)14(12)31(21,27)28/h1-4,7,24H,5-6,17,20H2,(H2,18,23)(H2,19,22)(H2,21,27,28). The van der Waals surface area contributed by atoms with Gasteiger partial charge in [-0.1, -0.05) is 12.1 Å². The Bertz CT molecular complexity index is 1400. The average molecular weight is 469 g/mol. The highest BCUT2D eigenvalue weighted by Crippen LogP contribution is 2.35. The summed E-state index contributed by atoms with van der Waals surface area (Å²) in [5.74, 6) is 4.27. The molecule has 0 amide bonds. The van der Waals surface area contributed by atoms with Crippen molar-refractivity contribution in [3.63, 3.8) is 0 Å². The molecule has 0 spiro atoms. The zero-order valence-electron chi connectivity index (χ0n) is 15.9. The van der Waals surface area contributed by atoms with Crippen LogP contribution >= 0.6 is 0 Å². The Hall–Kier alpha value is -3.24. The number of hydrazine groups is 1. The average Bonchev–Trinajstić information content (AvgIpc) is 3.05. The van der Waals surface area contributed by atoms with Gasteiger partial charge in [-0.05, 0) is 29.3 Å². The maximum Gasteiger partial charge on any atom is 0.292 e. The van der Waals surface area contributed by atoms with Crippen LogP contribution in [0.5, 0.6) is 0 Å². The van der Waals surface area contributed by atoms with Crippen molar-refractivity contribution in [3.8, 4) is 11.1 Å². The van der Waals surface area contributed by atoms with Crippen LogP contribution < -0.4 is 33.7 Å². The van der Waals surface area contributed by atoms with Crippen molar-refractivity contribution < 1.29 is 21.3 Å². The lowest BCUT2D eigenvalue weighted by atomic mass is 9.98. The first-order valence-electron chi connectivity index (χ1n) is 8.57. The van der Waals surface area contributed by atoms with Crippen LogP contribution in [0, 0.1) is 0 Å². The molecule has 0 aliphatic rings. The van der Waals surface area contributed by atoms with E-state index in [-0.39, 0.29) is 23.7 Å². The van der Waals surface area contributed by atoms with Crippen LogP contribution in [0.15, 0.2) is 49.6 Å². The molecule has 0 aliphatic heterocycles. The summed E-state index contributed by atoms with van der Waals surface area (Å²) < 4.78 is 55.6. The minimum Gasteiger partial charge on any atom is -0.424 e. The molecule has 13 nitrogen and oxygen atoms in total. The zero-order valence-corrected chi connectivity index (χ0v) is 17.6. The van der Waals surface area contributed by atoms with Crippen molar-refractivity contribution in [1.29, 1.82) is 0 Å². The van der Waals surface area contributed by atoms with Crippen LogP contribution in [0.3, 0.4) is 0 Å². The fourth-order valence-electron chi connectivity index (χ4n) is 3.09. The van der Waals surface area contributed by atoms with Gasteiger partial charge in [-0.15, -0.1) is 5.10 Å². The normalized spacial score (nSPS) is 12.9. The number of nitrogens with zero attached hydrogens (tertiary/aromatic N) is 2. The number of nitrogen functional groups attached to an aromatic ring is 1. The molecule has 0 saturated carbocycles. The minimum atomic E-state index is -4.60. The topological polar surface area (TPSA) is 249 Å². The monoisotopic (exact) mass is 468 g/mol. The number of hydrogen-bond donors (Lipinski definition) is 6. The molecule has 2 aromatic carbocycles. The lowest BCUT2D eigenvalue weighted by Crippen LogP contribution is -2.29. The summed E-state index contributed by atoms with van der Waals surface area (Å²) in [5.41, 5.74) is 20.0. The Kier molecular flexibility index (Phi) is 5.88. The quantitative estimate of drug-likeness (QED) is 0.101. The summed E-state index contributed by atoms with van der Waals surface area (Å²) in [6, 6.07) is 7.12. The third-order valence-electron chi connectivity index (χ3n) is 4.28. The molecule has 0 atom stereocenters. The highest BCUT2D eigenvalue weighted by molar-refractivity contribution is 7.93. The summed E-state index contributed by atoms with van der Waals surface area (Å²) in [6.45, 7) is -0.234. The van der Waals surface area contributed by atoms with Gasteiger partial charge in [0, 0.05) is 12.1 Å². The van der Waals surface area contributed by atoms with E-state index in [9.17, 15) is 16.8 Å². The minimum absolute atomic E-state index is 0.0609. The predicted octanol–water partition coefficient (Wildman–Crippen LogP) is -1.46. The molecule has 0 unspecified atom stereocenters. The van der Waals surface area contributed by atoms with Crippen molar-refractivity contribution in [2.75, 3.05) is 18.0 Å². The Labute approximate surface area is 177 Å². The van der Waals surface area contributed by atoms with Gasteiger partial charge in [0.15, 0.2) is 21.3 Å². The molecule has 0 fully saturated rings. The number of fused-ring (bicyclic) bond motifs is 1. The van der Waals surface area contributed by atoms with Gasteiger partial charge in [0.2, 0.25) is 10.0 Å². The number of nitrogens with two attached hydrogens (primary N) is 5. The maximum atomic E-state index is 12.7. The van der Waals surface area contributed by atoms with Crippen molar-refractivity contribution >= 4 is 42.8 Å². The van der Waals surface area contributed by atoms with E-state index in [0.29, 0.717) is 16.7 Å². The molecule has 31 heavy (non-hydrogen) atoms. The number of hydrogen-bond acceptors (Lipinski definition) is 11. The number of rotatable bonds is 7. The highest BCUT2D eigenvalue weighted by atomic mass is 32.2. The second-order valence-electron chi connectivity index (χ2n) is 6.33. The molecule has 3 aromatic rings. The van der Waals surface area contributed by atoms with E-state index in [2.05, 4.69) is 10.1 Å². The third-order valence-corrected chi connectivity index (χ3v) is 7.19. The summed E-state index contributed by atoms with van der Waals surface area (Å²) in [6.07, 6.45) is 0. The van der Waals surface area contributed by atoms with Crippen LogP contribution in [0.25, 0.3) is 22.2 Å². The van der Waals surface area contributed by atoms with Gasteiger partial charge in [0.1, 0.15) is 10.4 Å². The highest BCUT2D eigenvalue weighted by Gasteiger charge is 2.31. The zero-order chi connectivity index (χ0) is 23.0. The molecule has 0 saturated heterocycles. The number of amidine groups is 1. The first-order valence-corrected chi connectivity index (χ1v) is 11.8. The van der Waals surface area contributed by atoms with Gasteiger partial charge in [-0.2, -0.15) is 4.98 Å². The van der Waals surface area contributed by atoms with Gasteiger partial charge >= 0.3 is 0 Å². The number of sulfonamides is 1. The van der Waals surface area contributed by atoms with E-state index in [0.717, 1.165) is 6.07 Å². The second-order valence-corrected chi connectivity index (χ2v) is 9.90. The Morgan fingerprint density at radius 3 is 2.48 bits per heavy atom. The van der Waals surface area contributed by atoms with Gasteiger partial charge < -0.3 is 21.6 Å². The summed E-state index contributed by atoms with van der Waals surface area (Å²) >= 11 is 0. The first kappa shape index (κ1) is 22.4. The molecule has 0 radical (unpaired) electrons. The number of nitrogens with one attached hydrogen (secondary N) is 1. The predicted molar refractivity (Wildman–Crippen MR) is 114 cm³/mol. The largest absolute Gasteiger partial charge is 0.424 e. The molecular formula is C16H20N8O5S2. The number of hydrazone groups is 1. The number of aromatic nitrogens is 1. The van der Waals surface area contributed by atoms with E-state index in [1.165, 1.54) is 6.07 Å². The maximum absolute atomic E-state index is 12.7. The number of oxazole rings is 1. The summed E-state index contributed by atoms with van der Waals surface area (Å²) in [5, 5.41) is 9.02. The molecule has 0 bridgehead atoms. The van der Waals surface area contributed by atoms with Crippen LogP contribution in [-0.4, -0.2) is 40.0 Å². The number of primary sulfonamides is 1. The van der Waals surface area contributed by atoms with Gasteiger partial charge in [-0.25, -0.2) is 33.4 Å². The Balaban J connectivity index is 2.45. The lowest BCUT2D eigenvalue weighted by Gasteiger charge is -2.17. The van der Waals surface area contributed by atoms with Gasteiger partial charge in [0.25, 0.3) is 6.01 Å². The van der Waals surface area contributed by atoms with Crippen molar-refractivity contribution in [1.82, 2.24) is 10.5 Å². The van der Waals surface area contributed by atoms with Crippen LogP contribution in [0.2, 0.25) is 0 Å². The second kappa shape index (κ2) is 8.12. The Morgan fingerprint density at radius 2 is 1.87 bits per heavy atom. The Morgan fingerprint density at radius 1 is 1.16 bits per heavy atom. The van der Waals surface area contributed by atoms with Crippen LogP contribution in [-0.2, 0) is 19.9 Å². The fraction of sp³-hybridized carbons (Fsp3) is 0.125. The number of sulfone groups is 1. The number of anilines is 1. The SMILES string of the molecule is NCCS(=O)(=O)c1ccc(-c2ccc3oc(N)nc3c2)c(/C(N)=N/NN)c1S(N)(=O)=O. The van der Waals surface area contributed by atoms with E-state index >= 15 is 0 Å². The molecule has 15 heteroatoms. The van der Waals surface area contributed by atoms with Crippen molar-refractivity contribution in [2.24, 2.45) is 27.6 Å².